The first-order valence-corrected chi connectivity index (χ1v) is 9.47. The largest absolute Gasteiger partial charge is 0.469 e. The summed E-state index contributed by atoms with van der Waals surface area (Å²) in [4.78, 5) is 41.5. The number of nitrogens with one attached hydrogen (secondary N) is 1. The molecule has 31 heavy (non-hydrogen) atoms. The lowest BCUT2D eigenvalue weighted by Gasteiger charge is -2.31. The molecule has 9 heteroatoms. The van der Waals surface area contributed by atoms with Gasteiger partial charge in [0.15, 0.2) is 5.75 Å². The molecule has 1 atom stereocenters. The molecule has 1 aromatic heterocycles. The van der Waals surface area contributed by atoms with Gasteiger partial charge < -0.3 is 20.2 Å². The average molecular weight is 418 g/mol. The second-order valence-electron chi connectivity index (χ2n) is 7.00. The Kier molecular flexibility index (Phi) is 5.31. The first kappa shape index (κ1) is 20.0. The molecule has 1 aliphatic rings. The summed E-state index contributed by atoms with van der Waals surface area (Å²) in [5, 5.41) is 13.9. The maximum Gasteiger partial charge on any atom is 0.366 e. The Morgan fingerprint density at radius 2 is 1.94 bits per heavy atom. The standard InChI is InChI=1S/C22H18N4O5/c1-14-6-5-9-16(12-14)23-19(27)13-25-21-17(10-11-18(24-21)26(29)30)31-20(22(25)28)15-7-3-2-4-8-15/h2-12,20H,13H2,1H3,(H,23,27). The summed E-state index contributed by atoms with van der Waals surface area (Å²) in [6, 6.07) is 18.6. The van der Waals surface area contributed by atoms with Crippen molar-refractivity contribution in [3.05, 3.63) is 88.0 Å². The summed E-state index contributed by atoms with van der Waals surface area (Å²) in [6.45, 7) is 1.52. The molecule has 2 amide bonds. The average Bonchev–Trinajstić information content (AvgIpc) is 2.75. The van der Waals surface area contributed by atoms with Gasteiger partial charge in [-0.2, -0.15) is 0 Å². The Balaban J connectivity index is 1.67. The third-order valence-electron chi connectivity index (χ3n) is 4.71. The number of hydrogen-bond donors (Lipinski definition) is 1. The smallest absolute Gasteiger partial charge is 0.366 e. The van der Waals surface area contributed by atoms with Gasteiger partial charge in [0.25, 0.3) is 11.7 Å². The van der Waals surface area contributed by atoms with E-state index in [0.29, 0.717) is 11.3 Å². The number of carbonyl (C=O) groups excluding carboxylic acids is 2. The monoisotopic (exact) mass is 418 g/mol. The first-order valence-electron chi connectivity index (χ1n) is 9.47. The van der Waals surface area contributed by atoms with E-state index in [1.54, 1.807) is 42.5 Å². The van der Waals surface area contributed by atoms with E-state index < -0.39 is 28.7 Å². The molecular formula is C22H18N4O5. The third-order valence-corrected chi connectivity index (χ3v) is 4.71. The molecule has 4 rings (SSSR count). The van der Waals surface area contributed by atoms with E-state index in [-0.39, 0.29) is 18.1 Å². The minimum absolute atomic E-state index is 0.0641. The predicted octanol–water partition coefficient (Wildman–Crippen LogP) is 3.40. The second kappa shape index (κ2) is 8.23. The van der Waals surface area contributed by atoms with Crippen molar-refractivity contribution in [1.29, 1.82) is 0 Å². The molecule has 0 aliphatic carbocycles. The summed E-state index contributed by atoms with van der Waals surface area (Å²) in [7, 11) is 0. The summed E-state index contributed by atoms with van der Waals surface area (Å²) in [6.07, 6.45) is -0.997. The molecule has 1 aliphatic heterocycles. The SMILES string of the molecule is Cc1cccc(NC(=O)CN2C(=O)C(c3ccccc3)Oc3ccc([N+](=O)[O-])nc32)c1. The van der Waals surface area contributed by atoms with Crippen LogP contribution >= 0.6 is 0 Å². The summed E-state index contributed by atoms with van der Waals surface area (Å²) < 4.78 is 5.80. The van der Waals surface area contributed by atoms with Crippen LogP contribution in [0.4, 0.5) is 17.3 Å². The van der Waals surface area contributed by atoms with Gasteiger partial charge in [-0.3, -0.25) is 14.5 Å². The van der Waals surface area contributed by atoms with Crippen LogP contribution in [0.5, 0.6) is 5.75 Å². The van der Waals surface area contributed by atoms with Gasteiger partial charge in [0.05, 0.1) is 0 Å². The van der Waals surface area contributed by atoms with Crippen LogP contribution in [-0.4, -0.2) is 28.3 Å². The molecule has 0 spiro atoms. The Labute approximate surface area is 177 Å². The van der Waals surface area contributed by atoms with Crippen molar-refractivity contribution in [2.75, 3.05) is 16.8 Å². The lowest BCUT2D eigenvalue weighted by atomic mass is 10.1. The number of anilines is 2. The predicted molar refractivity (Wildman–Crippen MR) is 113 cm³/mol. The Morgan fingerprint density at radius 1 is 1.16 bits per heavy atom. The van der Waals surface area contributed by atoms with Crippen molar-refractivity contribution >= 4 is 29.1 Å². The van der Waals surface area contributed by atoms with Gasteiger partial charge in [-0.05, 0) is 40.6 Å². The lowest BCUT2D eigenvalue weighted by Crippen LogP contribution is -2.45. The molecule has 0 bridgehead atoms. The maximum atomic E-state index is 13.2. The van der Waals surface area contributed by atoms with Crippen LogP contribution < -0.4 is 15.0 Å². The van der Waals surface area contributed by atoms with Crippen LogP contribution in [-0.2, 0) is 9.59 Å². The summed E-state index contributed by atoms with van der Waals surface area (Å²) in [5.74, 6) is -1.33. The molecule has 1 N–H and O–H groups in total. The number of nitro groups is 1. The van der Waals surface area contributed by atoms with Crippen molar-refractivity contribution in [3.8, 4) is 5.75 Å². The highest BCUT2D eigenvalue weighted by Gasteiger charge is 2.40. The summed E-state index contributed by atoms with van der Waals surface area (Å²) >= 11 is 0. The fraction of sp³-hybridized carbons (Fsp3) is 0.136. The Hall–Kier alpha value is -4.27. The van der Waals surface area contributed by atoms with Crippen molar-refractivity contribution < 1.29 is 19.2 Å². The number of aryl methyl sites for hydroxylation is 1. The quantitative estimate of drug-likeness (QED) is 0.502. The Morgan fingerprint density at radius 3 is 2.65 bits per heavy atom. The molecule has 1 unspecified atom stereocenters. The molecular weight excluding hydrogens is 400 g/mol. The highest BCUT2D eigenvalue weighted by molar-refractivity contribution is 6.06. The zero-order valence-corrected chi connectivity index (χ0v) is 16.5. The third kappa shape index (κ3) is 4.20. The van der Waals surface area contributed by atoms with Crippen molar-refractivity contribution in [2.24, 2.45) is 0 Å². The van der Waals surface area contributed by atoms with E-state index in [1.807, 2.05) is 19.1 Å². The zero-order valence-electron chi connectivity index (χ0n) is 16.5. The maximum absolute atomic E-state index is 13.2. The molecule has 0 radical (unpaired) electrons. The highest BCUT2D eigenvalue weighted by atomic mass is 16.6. The number of nitrogens with zero attached hydrogens (tertiary/aromatic N) is 3. The van der Waals surface area contributed by atoms with Gasteiger partial charge in [0.2, 0.25) is 12.0 Å². The van der Waals surface area contributed by atoms with Crippen LogP contribution in [0.3, 0.4) is 0 Å². The van der Waals surface area contributed by atoms with E-state index in [9.17, 15) is 19.7 Å². The highest BCUT2D eigenvalue weighted by Crippen LogP contribution is 2.38. The molecule has 9 nitrogen and oxygen atoms in total. The van der Waals surface area contributed by atoms with E-state index in [4.69, 9.17) is 4.74 Å². The molecule has 0 fully saturated rings. The van der Waals surface area contributed by atoms with Crippen molar-refractivity contribution in [1.82, 2.24) is 4.98 Å². The number of pyridine rings is 1. The van der Waals surface area contributed by atoms with Gasteiger partial charge in [0.1, 0.15) is 6.54 Å². The van der Waals surface area contributed by atoms with E-state index in [1.165, 1.54) is 12.1 Å². The number of rotatable bonds is 5. The van der Waals surface area contributed by atoms with Gasteiger partial charge >= 0.3 is 5.82 Å². The lowest BCUT2D eigenvalue weighted by molar-refractivity contribution is -0.389. The fourth-order valence-corrected chi connectivity index (χ4v) is 3.29. The molecule has 2 heterocycles. The topological polar surface area (TPSA) is 115 Å². The van der Waals surface area contributed by atoms with Gasteiger partial charge in [0, 0.05) is 17.3 Å². The number of amides is 2. The van der Waals surface area contributed by atoms with Crippen LogP contribution in [0.1, 0.15) is 17.2 Å². The number of carbonyl (C=O) groups is 2. The van der Waals surface area contributed by atoms with E-state index in [2.05, 4.69) is 10.3 Å². The normalized spacial score (nSPS) is 15.1. The van der Waals surface area contributed by atoms with Gasteiger partial charge in [-0.1, -0.05) is 42.5 Å². The van der Waals surface area contributed by atoms with Crippen LogP contribution in [0.15, 0.2) is 66.7 Å². The molecule has 0 saturated carbocycles. The van der Waals surface area contributed by atoms with E-state index >= 15 is 0 Å². The number of fused-ring (bicyclic) bond motifs is 1. The molecule has 3 aromatic rings. The fourth-order valence-electron chi connectivity index (χ4n) is 3.29. The molecule has 2 aromatic carbocycles. The number of aromatic nitrogens is 1. The molecule has 0 saturated heterocycles. The van der Waals surface area contributed by atoms with Crippen LogP contribution in [0, 0.1) is 17.0 Å². The minimum Gasteiger partial charge on any atom is -0.469 e. The van der Waals surface area contributed by atoms with Gasteiger partial charge in [-0.15, -0.1) is 0 Å². The van der Waals surface area contributed by atoms with Crippen molar-refractivity contribution in [3.63, 3.8) is 0 Å². The zero-order chi connectivity index (χ0) is 22.0. The summed E-state index contributed by atoms with van der Waals surface area (Å²) in [5.41, 5.74) is 2.14. The second-order valence-corrected chi connectivity index (χ2v) is 7.00. The molecule has 156 valence electrons. The number of benzene rings is 2. The number of hydrogen-bond acceptors (Lipinski definition) is 6. The van der Waals surface area contributed by atoms with Crippen LogP contribution in [0.2, 0.25) is 0 Å². The number of ether oxygens (including phenoxy) is 1. The van der Waals surface area contributed by atoms with Crippen LogP contribution in [0.25, 0.3) is 0 Å². The Bertz CT molecular complexity index is 1170. The van der Waals surface area contributed by atoms with Crippen molar-refractivity contribution in [2.45, 2.75) is 13.0 Å². The van der Waals surface area contributed by atoms with Gasteiger partial charge in [-0.25, -0.2) is 0 Å². The van der Waals surface area contributed by atoms with E-state index in [0.717, 1.165) is 10.5 Å². The minimum atomic E-state index is -0.997. The first-order chi connectivity index (χ1) is 14.9.